The van der Waals surface area contributed by atoms with E-state index in [2.05, 4.69) is 28.0 Å². The number of nitrogens with zero attached hydrogens (tertiary/aromatic N) is 5. The van der Waals surface area contributed by atoms with E-state index in [0.717, 1.165) is 66.3 Å². The molecule has 198 valence electrons. The number of likely N-dealkylation sites (tertiary alicyclic amines) is 1. The number of hydrogen-bond acceptors (Lipinski definition) is 5. The highest BCUT2D eigenvalue weighted by molar-refractivity contribution is 6.09. The van der Waals surface area contributed by atoms with Gasteiger partial charge in [0.05, 0.1) is 22.9 Å². The Balaban J connectivity index is 1.37. The number of para-hydroxylation sites is 1. The second-order valence-electron chi connectivity index (χ2n) is 10.8. The molecular formula is C31H37N5O2. The predicted molar refractivity (Wildman–Crippen MR) is 150 cm³/mol. The standard InChI is InChI=1S/C31H37N5O2/c37-29(38)22-36-27-12-3-2-11-24(27)25-14-16-32-26(31(25)36)21-35(20-8-19-34-17-4-1-5-18-34)28-13-6-9-23-10-7-15-33-30(23)28/h2-3,7,10-12,14-16,28H,1,4-6,8-9,13,17-22H2,(H,37,38)/t28-/m0/s1. The first-order chi connectivity index (χ1) is 18.7. The summed E-state index contributed by atoms with van der Waals surface area (Å²) in [6.07, 6.45) is 12.2. The largest absolute Gasteiger partial charge is 0.480 e. The van der Waals surface area contributed by atoms with Crippen LogP contribution in [0.15, 0.2) is 54.9 Å². The van der Waals surface area contributed by atoms with Gasteiger partial charge in [-0.2, -0.15) is 0 Å². The number of fused-ring (bicyclic) bond motifs is 4. The summed E-state index contributed by atoms with van der Waals surface area (Å²) in [5.74, 6) is -0.841. The molecule has 0 amide bonds. The first-order valence-electron chi connectivity index (χ1n) is 14.2. The third-order valence-corrected chi connectivity index (χ3v) is 8.38. The number of carboxylic acid groups (broad SMARTS) is 1. The molecule has 2 aliphatic rings. The van der Waals surface area contributed by atoms with Crippen molar-refractivity contribution in [3.8, 4) is 0 Å². The van der Waals surface area contributed by atoms with E-state index in [1.165, 1.54) is 43.6 Å². The van der Waals surface area contributed by atoms with Gasteiger partial charge in [0.15, 0.2) is 0 Å². The van der Waals surface area contributed by atoms with Gasteiger partial charge in [0, 0.05) is 41.8 Å². The molecule has 1 aromatic carbocycles. The lowest BCUT2D eigenvalue weighted by molar-refractivity contribution is -0.137. The zero-order chi connectivity index (χ0) is 25.9. The van der Waals surface area contributed by atoms with Crippen molar-refractivity contribution in [3.63, 3.8) is 0 Å². The van der Waals surface area contributed by atoms with E-state index < -0.39 is 5.97 Å². The fourth-order valence-electron chi connectivity index (χ4n) is 6.65. The number of benzene rings is 1. The zero-order valence-electron chi connectivity index (χ0n) is 22.1. The molecular weight excluding hydrogens is 474 g/mol. The highest BCUT2D eigenvalue weighted by Crippen LogP contribution is 2.36. The number of pyridine rings is 2. The van der Waals surface area contributed by atoms with Gasteiger partial charge in [-0.05, 0) is 81.9 Å². The number of hydrogen-bond donors (Lipinski definition) is 1. The topological polar surface area (TPSA) is 74.5 Å². The van der Waals surface area contributed by atoms with E-state index in [0.29, 0.717) is 6.54 Å². The Hall–Kier alpha value is -3.29. The first kappa shape index (κ1) is 25.0. The van der Waals surface area contributed by atoms with Crippen LogP contribution in [0.5, 0.6) is 0 Å². The molecule has 0 saturated carbocycles. The molecule has 0 spiro atoms. The molecule has 38 heavy (non-hydrogen) atoms. The van der Waals surface area contributed by atoms with E-state index in [1.807, 2.05) is 41.2 Å². The van der Waals surface area contributed by atoms with Crippen molar-refractivity contribution in [2.24, 2.45) is 0 Å². The molecule has 1 aliphatic heterocycles. The zero-order valence-corrected chi connectivity index (χ0v) is 22.1. The molecule has 3 aromatic heterocycles. The molecule has 1 N–H and O–H groups in total. The van der Waals surface area contributed by atoms with Crippen molar-refractivity contribution in [1.82, 2.24) is 24.3 Å². The van der Waals surface area contributed by atoms with Gasteiger partial charge in [-0.1, -0.05) is 30.7 Å². The van der Waals surface area contributed by atoms with Crippen LogP contribution in [0.2, 0.25) is 0 Å². The number of rotatable bonds is 9. The maximum Gasteiger partial charge on any atom is 0.323 e. The summed E-state index contributed by atoms with van der Waals surface area (Å²) < 4.78 is 1.94. The van der Waals surface area contributed by atoms with Gasteiger partial charge in [0.2, 0.25) is 0 Å². The summed E-state index contributed by atoms with van der Waals surface area (Å²) >= 11 is 0. The molecule has 0 radical (unpaired) electrons. The van der Waals surface area contributed by atoms with Crippen molar-refractivity contribution in [2.75, 3.05) is 26.2 Å². The molecule has 1 saturated heterocycles. The Bertz CT molecular complexity index is 1420. The van der Waals surface area contributed by atoms with Crippen LogP contribution in [-0.4, -0.2) is 61.6 Å². The average molecular weight is 512 g/mol. The van der Waals surface area contributed by atoms with Crippen LogP contribution in [0.3, 0.4) is 0 Å². The van der Waals surface area contributed by atoms with Crippen LogP contribution >= 0.6 is 0 Å². The van der Waals surface area contributed by atoms with Crippen molar-refractivity contribution in [1.29, 1.82) is 0 Å². The van der Waals surface area contributed by atoms with Crippen LogP contribution in [0, 0.1) is 0 Å². The van der Waals surface area contributed by atoms with Crippen molar-refractivity contribution >= 4 is 27.8 Å². The highest BCUT2D eigenvalue weighted by Gasteiger charge is 2.29. The normalized spacial score (nSPS) is 18.3. The average Bonchev–Trinajstić information content (AvgIpc) is 3.26. The lowest BCUT2D eigenvalue weighted by Crippen LogP contribution is -2.36. The number of aryl methyl sites for hydroxylation is 1. The predicted octanol–water partition coefficient (Wildman–Crippen LogP) is 5.42. The summed E-state index contributed by atoms with van der Waals surface area (Å²) in [6, 6.07) is 14.6. The molecule has 1 fully saturated rings. The maximum absolute atomic E-state index is 11.9. The van der Waals surface area contributed by atoms with E-state index in [1.54, 1.807) is 0 Å². The lowest BCUT2D eigenvalue weighted by Gasteiger charge is -2.36. The van der Waals surface area contributed by atoms with Gasteiger partial charge in [-0.25, -0.2) is 0 Å². The Kier molecular flexibility index (Phi) is 7.38. The van der Waals surface area contributed by atoms with Gasteiger partial charge >= 0.3 is 5.97 Å². The second-order valence-corrected chi connectivity index (χ2v) is 10.8. The van der Waals surface area contributed by atoms with E-state index in [4.69, 9.17) is 9.97 Å². The number of aromatic nitrogens is 3. The lowest BCUT2D eigenvalue weighted by atomic mass is 9.90. The molecule has 1 atom stereocenters. The molecule has 1 aliphatic carbocycles. The van der Waals surface area contributed by atoms with Gasteiger partial charge in [-0.15, -0.1) is 0 Å². The summed E-state index contributed by atoms with van der Waals surface area (Å²) in [7, 11) is 0. The minimum absolute atomic E-state index is 0.0779. The van der Waals surface area contributed by atoms with Crippen LogP contribution in [0.4, 0.5) is 0 Å². The number of carboxylic acids is 1. The molecule has 0 unspecified atom stereocenters. The Labute approximate surface area is 224 Å². The van der Waals surface area contributed by atoms with Crippen LogP contribution in [-0.2, 0) is 24.3 Å². The highest BCUT2D eigenvalue weighted by atomic mass is 16.4. The van der Waals surface area contributed by atoms with E-state index in [9.17, 15) is 9.90 Å². The first-order valence-corrected chi connectivity index (χ1v) is 14.2. The third-order valence-electron chi connectivity index (χ3n) is 8.38. The summed E-state index contributed by atoms with van der Waals surface area (Å²) in [4.78, 5) is 26.8. The minimum Gasteiger partial charge on any atom is -0.480 e. The number of aliphatic carboxylic acids is 1. The second kappa shape index (κ2) is 11.2. The van der Waals surface area contributed by atoms with Crippen LogP contribution < -0.4 is 0 Å². The molecule has 6 rings (SSSR count). The molecule has 4 heterocycles. The smallest absolute Gasteiger partial charge is 0.323 e. The van der Waals surface area contributed by atoms with Gasteiger partial charge in [0.1, 0.15) is 6.54 Å². The summed E-state index contributed by atoms with van der Waals surface area (Å²) in [5.41, 5.74) is 5.39. The number of piperidine rings is 1. The monoisotopic (exact) mass is 511 g/mol. The van der Waals surface area contributed by atoms with Gasteiger partial charge in [0.25, 0.3) is 0 Å². The maximum atomic E-state index is 11.9. The number of carbonyl (C=O) groups is 1. The molecule has 7 nitrogen and oxygen atoms in total. The SMILES string of the molecule is O=C(O)Cn1c2ccccc2c2ccnc(CN(CCCN3CCCCC3)[C@H]3CCCc4cccnc43)c21. The molecule has 7 heteroatoms. The van der Waals surface area contributed by atoms with Gasteiger partial charge < -0.3 is 14.6 Å². The Morgan fingerprint density at radius 2 is 1.84 bits per heavy atom. The van der Waals surface area contributed by atoms with Crippen molar-refractivity contribution in [3.05, 3.63) is 71.8 Å². The van der Waals surface area contributed by atoms with E-state index in [-0.39, 0.29) is 12.6 Å². The Morgan fingerprint density at radius 1 is 0.974 bits per heavy atom. The van der Waals surface area contributed by atoms with Crippen molar-refractivity contribution < 1.29 is 9.90 Å². The Morgan fingerprint density at radius 3 is 2.71 bits per heavy atom. The van der Waals surface area contributed by atoms with Crippen LogP contribution in [0.25, 0.3) is 21.8 Å². The van der Waals surface area contributed by atoms with Gasteiger partial charge in [-0.3, -0.25) is 19.7 Å². The third kappa shape index (κ3) is 5.05. The van der Waals surface area contributed by atoms with E-state index >= 15 is 0 Å². The fourth-order valence-corrected chi connectivity index (χ4v) is 6.65. The quantitative estimate of drug-likeness (QED) is 0.323. The molecule has 4 aromatic rings. The van der Waals surface area contributed by atoms with Crippen LogP contribution in [0.1, 0.15) is 61.5 Å². The fraction of sp³-hybridized carbons (Fsp3) is 0.452. The summed E-state index contributed by atoms with van der Waals surface area (Å²) in [6.45, 7) is 5.11. The summed E-state index contributed by atoms with van der Waals surface area (Å²) in [5, 5.41) is 11.9. The minimum atomic E-state index is -0.841. The van der Waals surface area contributed by atoms with Crippen molar-refractivity contribution in [2.45, 2.75) is 64.1 Å². The molecule has 0 bridgehead atoms.